The number of para-hydroxylation sites is 1. The Labute approximate surface area is 114 Å². The molecule has 1 aromatic carbocycles. The largest absolute Gasteiger partial charge is 0.494 e. The molecule has 0 unspecified atom stereocenters. The zero-order valence-electron chi connectivity index (χ0n) is 10.4. The van der Waals surface area contributed by atoms with Gasteiger partial charge >= 0.3 is 5.69 Å². The molecule has 1 aromatic heterocycles. The molecule has 2 aromatic rings. The number of ether oxygens (including phenoxy) is 1. The summed E-state index contributed by atoms with van der Waals surface area (Å²) in [5, 5.41) is -0.0199. The van der Waals surface area contributed by atoms with E-state index in [1.165, 1.54) is 10.8 Å². The van der Waals surface area contributed by atoms with E-state index in [-0.39, 0.29) is 11.6 Å². The number of hydrogen-bond donors (Lipinski definition) is 1. The lowest BCUT2D eigenvalue weighted by Crippen LogP contribution is -2.30. The summed E-state index contributed by atoms with van der Waals surface area (Å²) < 4.78 is 6.82. The van der Waals surface area contributed by atoms with Crippen molar-refractivity contribution in [1.82, 2.24) is 9.55 Å². The fraction of sp³-hybridized carbons (Fsp3) is 0.231. The van der Waals surface area contributed by atoms with Crippen LogP contribution in [-0.2, 0) is 6.54 Å². The lowest BCUT2D eigenvalue weighted by atomic mass is 10.2. The van der Waals surface area contributed by atoms with E-state index in [4.69, 9.17) is 16.3 Å². The third kappa shape index (κ3) is 3.06. The van der Waals surface area contributed by atoms with Crippen molar-refractivity contribution in [3.8, 4) is 5.75 Å². The molecule has 1 N–H and O–H groups in total. The average molecular weight is 281 g/mol. The second-order valence-electron chi connectivity index (χ2n) is 3.90. The van der Waals surface area contributed by atoms with Gasteiger partial charge in [-0.2, -0.15) is 0 Å². The van der Waals surface area contributed by atoms with Crippen molar-refractivity contribution in [3.63, 3.8) is 0 Å². The second kappa shape index (κ2) is 5.75. The van der Waals surface area contributed by atoms with Gasteiger partial charge in [0.1, 0.15) is 10.8 Å². The highest BCUT2D eigenvalue weighted by Gasteiger charge is 2.07. The van der Waals surface area contributed by atoms with Gasteiger partial charge in [-0.25, -0.2) is 4.79 Å². The van der Waals surface area contributed by atoms with Gasteiger partial charge in [0.05, 0.1) is 13.2 Å². The zero-order chi connectivity index (χ0) is 13.8. The van der Waals surface area contributed by atoms with E-state index in [2.05, 4.69) is 4.98 Å². The van der Waals surface area contributed by atoms with Crippen LogP contribution >= 0.6 is 11.6 Å². The normalized spacial score (nSPS) is 10.4. The summed E-state index contributed by atoms with van der Waals surface area (Å²) in [5.74, 6) is 0.708. The highest BCUT2D eigenvalue weighted by atomic mass is 35.5. The fourth-order valence-electron chi connectivity index (χ4n) is 1.71. The van der Waals surface area contributed by atoms with E-state index in [0.717, 1.165) is 5.56 Å². The molecular weight excluding hydrogens is 268 g/mol. The summed E-state index contributed by atoms with van der Waals surface area (Å²) in [4.78, 5) is 25.0. The van der Waals surface area contributed by atoms with E-state index >= 15 is 0 Å². The molecular formula is C13H13ClN2O3. The molecule has 19 heavy (non-hydrogen) atoms. The molecule has 6 heteroatoms. The predicted molar refractivity (Wildman–Crippen MR) is 73.0 cm³/mol. The van der Waals surface area contributed by atoms with Crippen LogP contribution in [0.4, 0.5) is 0 Å². The number of aromatic amines is 1. The number of halogens is 1. The van der Waals surface area contributed by atoms with Crippen LogP contribution in [0.25, 0.3) is 0 Å². The average Bonchev–Trinajstić information content (AvgIpc) is 2.38. The van der Waals surface area contributed by atoms with E-state index in [1.807, 2.05) is 31.2 Å². The van der Waals surface area contributed by atoms with Gasteiger partial charge in [0.2, 0.25) is 0 Å². The monoisotopic (exact) mass is 280 g/mol. The third-order valence-electron chi connectivity index (χ3n) is 2.58. The SMILES string of the molecule is CCOc1ccccc1Cn1cc(Cl)c(=O)[nH]c1=O. The topological polar surface area (TPSA) is 64.1 Å². The van der Waals surface area contributed by atoms with Crippen molar-refractivity contribution in [2.24, 2.45) is 0 Å². The Balaban J connectivity index is 2.39. The van der Waals surface area contributed by atoms with E-state index in [1.54, 1.807) is 0 Å². The molecule has 0 fully saturated rings. The Kier molecular flexibility index (Phi) is 4.06. The number of benzene rings is 1. The second-order valence-corrected chi connectivity index (χ2v) is 4.31. The molecule has 0 amide bonds. The van der Waals surface area contributed by atoms with Crippen LogP contribution in [0.5, 0.6) is 5.75 Å². The van der Waals surface area contributed by atoms with Gasteiger partial charge in [-0.05, 0) is 13.0 Å². The quantitative estimate of drug-likeness (QED) is 0.926. The molecule has 100 valence electrons. The Morgan fingerprint density at radius 3 is 2.79 bits per heavy atom. The fourth-order valence-corrected chi connectivity index (χ4v) is 1.88. The minimum Gasteiger partial charge on any atom is -0.494 e. The standard InChI is InChI=1S/C13H13ClN2O3/c1-2-19-11-6-4-3-5-9(11)7-16-8-10(14)12(17)15-13(16)18/h3-6,8H,2,7H2,1H3,(H,15,17,18). The van der Waals surface area contributed by atoms with Gasteiger partial charge in [0.15, 0.2) is 0 Å². The molecule has 1 heterocycles. The van der Waals surface area contributed by atoms with Crippen molar-refractivity contribution in [2.75, 3.05) is 6.61 Å². The minimum absolute atomic E-state index is 0.0199. The van der Waals surface area contributed by atoms with Gasteiger partial charge in [0, 0.05) is 11.8 Å². The zero-order valence-corrected chi connectivity index (χ0v) is 11.1. The lowest BCUT2D eigenvalue weighted by Gasteiger charge is -2.11. The summed E-state index contributed by atoms with van der Waals surface area (Å²) in [7, 11) is 0. The van der Waals surface area contributed by atoms with Crippen LogP contribution in [0.3, 0.4) is 0 Å². The Hall–Kier alpha value is -2.01. The van der Waals surface area contributed by atoms with Crippen molar-refractivity contribution in [3.05, 3.63) is 61.9 Å². The van der Waals surface area contributed by atoms with Crippen molar-refractivity contribution >= 4 is 11.6 Å². The van der Waals surface area contributed by atoms with Crippen LogP contribution < -0.4 is 16.0 Å². The van der Waals surface area contributed by atoms with Crippen LogP contribution in [0, 0.1) is 0 Å². The first-order chi connectivity index (χ1) is 9.11. The van der Waals surface area contributed by atoms with Gasteiger partial charge in [-0.15, -0.1) is 0 Å². The van der Waals surface area contributed by atoms with Crippen LogP contribution in [-0.4, -0.2) is 16.2 Å². The molecule has 0 saturated heterocycles. The number of H-pyrrole nitrogens is 1. The molecule has 0 radical (unpaired) electrons. The number of nitrogens with one attached hydrogen (secondary N) is 1. The molecule has 0 bridgehead atoms. The van der Waals surface area contributed by atoms with Gasteiger partial charge in [0.25, 0.3) is 5.56 Å². The Morgan fingerprint density at radius 1 is 1.32 bits per heavy atom. The van der Waals surface area contributed by atoms with E-state index in [9.17, 15) is 9.59 Å². The molecule has 5 nitrogen and oxygen atoms in total. The first-order valence-corrected chi connectivity index (χ1v) is 6.19. The summed E-state index contributed by atoms with van der Waals surface area (Å²) in [6, 6.07) is 7.40. The molecule has 0 atom stereocenters. The lowest BCUT2D eigenvalue weighted by molar-refractivity contribution is 0.335. The van der Waals surface area contributed by atoms with Crippen molar-refractivity contribution in [1.29, 1.82) is 0 Å². The molecule has 0 saturated carbocycles. The first kappa shape index (κ1) is 13.4. The van der Waals surface area contributed by atoms with E-state index < -0.39 is 11.2 Å². The maximum Gasteiger partial charge on any atom is 0.328 e. The van der Waals surface area contributed by atoms with Gasteiger partial charge in [-0.1, -0.05) is 29.8 Å². The maximum absolute atomic E-state index is 11.7. The predicted octanol–water partition coefficient (Wildman–Crippen LogP) is 1.64. The van der Waals surface area contributed by atoms with E-state index in [0.29, 0.717) is 12.4 Å². The van der Waals surface area contributed by atoms with Crippen LogP contribution in [0.1, 0.15) is 12.5 Å². The number of aromatic nitrogens is 2. The number of nitrogens with zero attached hydrogens (tertiary/aromatic N) is 1. The summed E-state index contributed by atoms with van der Waals surface area (Å²) >= 11 is 5.72. The van der Waals surface area contributed by atoms with Gasteiger partial charge < -0.3 is 4.74 Å². The smallest absolute Gasteiger partial charge is 0.328 e. The summed E-state index contributed by atoms with van der Waals surface area (Å²) in [5.41, 5.74) is -0.240. The van der Waals surface area contributed by atoms with Crippen LogP contribution in [0.15, 0.2) is 40.1 Å². The van der Waals surface area contributed by atoms with Crippen molar-refractivity contribution in [2.45, 2.75) is 13.5 Å². The third-order valence-corrected chi connectivity index (χ3v) is 2.85. The molecule has 0 spiro atoms. The Bertz CT molecular complexity index is 691. The minimum atomic E-state index is -0.582. The molecule has 0 aliphatic heterocycles. The highest BCUT2D eigenvalue weighted by Crippen LogP contribution is 2.18. The molecule has 2 rings (SSSR count). The number of hydrogen-bond acceptors (Lipinski definition) is 3. The summed E-state index contributed by atoms with van der Waals surface area (Å²) in [6.45, 7) is 2.71. The summed E-state index contributed by atoms with van der Waals surface area (Å²) in [6.07, 6.45) is 1.32. The van der Waals surface area contributed by atoms with Crippen molar-refractivity contribution < 1.29 is 4.74 Å². The molecule has 0 aliphatic carbocycles. The highest BCUT2D eigenvalue weighted by molar-refractivity contribution is 6.30. The Morgan fingerprint density at radius 2 is 2.05 bits per heavy atom. The first-order valence-electron chi connectivity index (χ1n) is 5.81. The number of rotatable bonds is 4. The molecule has 0 aliphatic rings. The maximum atomic E-state index is 11.7. The van der Waals surface area contributed by atoms with Crippen LogP contribution in [0.2, 0.25) is 5.02 Å². The van der Waals surface area contributed by atoms with Gasteiger partial charge in [-0.3, -0.25) is 14.3 Å².